The van der Waals surface area contributed by atoms with Crippen LogP contribution in [0.25, 0.3) is 0 Å². The summed E-state index contributed by atoms with van der Waals surface area (Å²) in [6.07, 6.45) is 4.53. The molecular formula is C15H20O5. The first kappa shape index (κ1) is 12.0. The fourth-order valence-electron chi connectivity index (χ4n) is 6.73. The van der Waals surface area contributed by atoms with Crippen LogP contribution in [-0.2, 0) is 23.7 Å². The zero-order valence-corrected chi connectivity index (χ0v) is 12.2. The van der Waals surface area contributed by atoms with E-state index in [2.05, 4.69) is 6.92 Å². The quantitative estimate of drug-likeness (QED) is 0.685. The van der Waals surface area contributed by atoms with Crippen LogP contribution >= 0.6 is 0 Å². The van der Waals surface area contributed by atoms with Crippen LogP contribution in [0, 0.1) is 11.3 Å². The Morgan fingerprint density at radius 3 is 2.65 bits per heavy atom. The van der Waals surface area contributed by atoms with Gasteiger partial charge in [0.25, 0.3) is 5.97 Å². The molecule has 0 N–H and O–H groups in total. The molecule has 0 radical (unpaired) electrons. The van der Waals surface area contributed by atoms with Crippen LogP contribution in [-0.4, -0.2) is 35.9 Å². The van der Waals surface area contributed by atoms with E-state index in [1.54, 1.807) is 0 Å². The molecule has 110 valence electrons. The van der Waals surface area contributed by atoms with Crippen LogP contribution in [0.2, 0.25) is 0 Å². The number of methoxy groups -OCH3 is 1. The van der Waals surface area contributed by atoms with E-state index in [0.29, 0.717) is 0 Å². The second-order valence-electron chi connectivity index (χ2n) is 7.45. The highest BCUT2D eigenvalue weighted by Crippen LogP contribution is 2.85. The highest BCUT2D eigenvalue weighted by molar-refractivity contribution is 5.84. The summed E-state index contributed by atoms with van der Waals surface area (Å²) < 4.78 is 24.0. The first-order chi connectivity index (χ1) is 9.38. The molecule has 6 atom stereocenters. The molecular weight excluding hydrogens is 260 g/mol. The Morgan fingerprint density at radius 2 is 1.90 bits per heavy atom. The molecule has 5 fully saturated rings. The van der Waals surface area contributed by atoms with Crippen LogP contribution < -0.4 is 0 Å². The predicted octanol–water partition coefficient (Wildman–Crippen LogP) is 1.74. The lowest BCUT2D eigenvalue weighted by Crippen LogP contribution is -2.82. The maximum atomic E-state index is 12.7. The van der Waals surface area contributed by atoms with Crippen molar-refractivity contribution in [3.63, 3.8) is 0 Å². The minimum Gasteiger partial charge on any atom is -0.468 e. The van der Waals surface area contributed by atoms with E-state index in [1.807, 2.05) is 6.92 Å². The van der Waals surface area contributed by atoms with Gasteiger partial charge in [0.1, 0.15) is 16.6 Å². The maximum Gasteiger partial charge on any atom is 0.315 e. The van der Waals surface area contributed by atoms with E-state index >= 15 is 0 Å². The number of rotatable bonds is 1. The third kappa shape index (κ3) is 0.796. The summed E-state index contributed by atoms with van der Waals surface area (Å²) in [5.41, 5.74) is -1.77. The number of hydrogen-bond donors (Lipinski definition) is 0. The first-order valence-electron chi connectivity index (χ1n) is 7.57. The molecule has 2 aliphatic heterocycles. The molecule has 5 rings (SSSR count). The van der Waals surface area contributed by atoms with Crippen LogP contribution in [0.5, 0.6) is 0 Å². The maximum absolute atomic E-state index is 12.7. The number of carbonyl (C=O) groups is 1. The highest BCUT2D eigenvalue weighted by atomic mass is 16.9. The lowest BCUT2D eigenvalue weighted by molar-refractivity contribution is -0.413. The molecule has 0 aromatic heterocycles. The first-order valence-corrected chi connectivity index (χ1v) is 7.57. The SMILES string of the molecule is COC(=O)[C@]12CC[C@]3(C)O[C@]4(C)O[C@]15CCC[C@]5(O4)[C@H]23. The number of ether oxygens (including phenoxy) is 4. The van der Waals surface area contributed by atoms with Gasteiger partial charge in [-0.05, 0) is 39.0 Å². The molecule has 0 amide bonds. The Kier molecular flexibility index (Phi) is 1.68. The van der Waals surface area contributed by atoms with E-state index in [9.17, 15) is 4.79 Å². The van der Waals surface area contributed by atoms with Crippen molar-refractivity contribution in [1.29, 1.82) is 0 Å². The minimum absolute atomic E-state index is 0.0630. The zero-order valence-electron chi connectivity index (χ0n) is 12.2. The summed E-state index contributed by atoms with van der Waals surface area (Å²) in [5.74, 6) is -1.07. The Morgan fingerprint density at radius 1 is 1.10 bits per heavy atom. The molecule has 20 heavy (non-hydrogen) atoms. The van der Waals surface area contributed by atoms with Gasteiger partial charge in [-0.2, -0.15) is 0 Å². The van der Waals surface area contributed by atoms with E-state index in [-0.39, 0.29) is 23.1 Å². The van der Waals surface area contributed by atoms with E-state index < -0.39 is 17.0 Å². The monoisotopic (exact) mass is 280 g/mol. The molecule has 5 nitrogen and oxygen atoms in total. The van der Waals surface area contributed by atoms with Gasteiger partial charge in [-0.3, -0.25) is 4.79 Å². The second kappa shape index (κ2) is 2.81. The summed E-state index contributed by atoms with van der Waals surface area (Å²) in [5, 5.41) is 0. The topological polar surface area (TPSA) is 54.0 Å². The van der Waals surface area contributed by atoms with Crippen molar-refractivity contribution in [3.05, 3.63) is 0 Å². The van der Waals surface area contributed by atoms with Gasteiger partial charge in [0.05, 0.1) is 12.7 Å². The van der Waals surface area contributed by atoms with Crippen molar-refractivity contribution in [1.82, 2.24) is 0 Å². The standard InChI is InChI=1S/C15H20O5/c1-11-7-8-13(10(16)17-3)9(11)14-5-4-6-15(13,14)20-12(2,18-11)19-14/h9H,4-8H2,1-3H3/t9-,11-,12-,13+,14-,15+/m0/s1. The summed E-state index contributed by atoms with van der Waals surface area (Å²) in [6.45, 7) is 3.96. The average molecular weight is 280 g/mol. The van der Waals surface area contributed by atoms with Crippen molar-refractivity contribution in [3.8, 4) is 0 Å². The van der Waals surface area contributed by atoms with E-state index in [4.69, 9.17) is 18.9 Å². The third-order valence-corrected chi connectivity index (χ3v) is 6.76. The van der Waals surface area contributed by atoms with Gasteiger partial charge in [-0.1, -0.05) is 0 Å². The second-order valence-corrected chi connectivity index (χ2v) is 7.45. The minimum atomic E-state index is -0.998. The summed E-state index contributed by atoms with van der Waals surface area (Å²) >= 11 is 0. The van der Waals surface area contributed by atoms with Crippen LogP contribution in [0.15, 0.2) is 0 Å². The van der Waals surface area contributed by atoms with E-state index in [1.165, 1.54) is 7.11 Å². The normalized spacial score (nSPS) is 64.8. The Bertz CT molecular complexity index is 548. The Hall–Kier alpha value is -0.650. The lowest BCUT2D eigenvalue weighted by Gasteiger charge is -2.66. The average Bonchev–Trinajstić information content (AvgIpc) is 2.83. The smallest absolute Gasteiger partial charge is 0.315 e. The molecule has 2 bridgehead atoms. The molecule has 3 saturated carbocycles. The number of hydrogen-bond acceptors (Lipinski definition) is 5. The largest absolute Gasteiger partial charge is 0.468 e. The molecule has 0 aromatic carbocycles. The van der Waals surface area contributed by atoms with Crippen LogP contribution in [0.3, 0.4) is 0 Å². The molecule has 2 heterocycles. The van der Waals surface area contributed by atoms with Gasteiger partial charge in [0, 0.05) is 12.8 Å². The molecule has 5 heteroatoms. The fourth-order valence-corrected chi connectivity index (χ4v) is 6.73. The fraction of sp³-hybridized carbons (Fsp3) is 0.933. The van der Waals surface area contributed by atoms with Gasteiger partial charge in [-0.15, -0.1) is 0 Å². The van der Waals surface area contributed by atoms with Crippen LogP contribution in [0.1, 0.15) is 46.0 Å². The molecule has 0 unspecified atom stereocenters. The van der Waals surface area contributed by atoms with Gasteiger partial charge in [0.15, 0.2) is 0 Å². The number of fused-ring (bicyclic) bond motifs is 1. The van der Waals surface area contributed by atoms with Crippen molar-refractivity contribution < 1.29 is 23.7 Å². The van der Waals surface area contributed by atoms with Crippen molar-refractivity contribution >= 4 is 5.97 Å². The number of carbonyl (C=O) groups excluding carboxylic acids is 1. The van der Waals surface area contributed by atoms with Gasteiger partial charge >= 0.3 is 5.97 Å². The lowest BCUT2D eigenvalue weighted by atomic mass is 9.41. The predicted molar refractivity (Wildman–Crippen MR) is 66.6 cm³/mol. The summed E-state index contributed by atoms with van der Waals surface area (Å²) in [4.78, 5) is 12.7. The summed E-state index contributed by atoms with van der Waals surface area (Å²) in [6, 6.07) is 0. The van der Waals surface area contributed by atoms with Crippen molar-refractivity contribution in [2.24, 2.45) is 11.3 Å². The zero-order chi connectivity index (χ0) is 14.0. The third-order valence-electron chi connectivity index (χ3n) is 6.76. The molecule has 1 spiro atoms. The number of esters is 1. The molecule has 3 aliphatic carbocycles. The Balaban J connectivity index is 1.80. The summed E-state index contributed by atoms with van der Waals surface area (Å²) in [7, 11) is 1.48. The van der Waals surface area contributed by atoms with Crippen molar-refractivity contribution in [2.75, 3.05) is 7.11 Å². The molecule has 5 aliphatic rings. The Labute approximate surface area is 117 Å². The molecule has 2 saturated heterocycles. The van der Waals surface area contributed by atoms with Crippen LogP contribution in [0.4, 0.5) is 0 Å². The van der Waals surface area contributed by atoms with E-state index in [0.717, 1.165) is 32.1 Å². The molecule has 0 aromatic rings. The van der Waals surface area contributed by atoms with Gasteiger partial charge < -0.3 is 18.9 Å². The van der Waals surface area contributed by atoms with Gasteiger partial charge in [-0.25, -0.2) is 0 Å². The van der Waals surface area contributed by atoms with Crippen molar-refractivity contribution in [2.45, 2.75) is 68.7 Å². The highest BCUT2D eigenvalue weighted by Gasteiger charge is 2.97. The van der Waals surface area contributed by atoms with Gasteiger partial charge in [0.2, 0.25) is 0 Å².